The number of hydrogen-bond donors (Lipinski definition) is 2. The minimum absolute atomic E-state index is 0.257. The van der Waals surface area contributed by atoms with E-state index in [1.807, 2.05) is 0 Å². The Bertz CT molecular complexity index is 383. The number of pyridine rings is 1. The number of nitrogens with one attached hydrogen (secondary N) is 1. The third-order valence-electron chi connectivity index (χ3n) is 1.41. The highest BCUT2D eigenvalue weighted by molar-refractivity contribution is 9.10. The second-order valence-electron chi connectivity index (χ2n) is 2.29. The summed E-state index contributed by atoms with van der Waals surface area (Å²) in [6.45, 7) is 1.68. The van der Waals surface area contributed by atoms with E-state index in [0.29, 0.717) is 10.2 Å². The molecule has 0 aliphatic rings. The summed E-state index contributed by atoms with van der Waals surface area (Å²) in [6.07, 6.45) is 0. The van der Waals surface area contributed by atoms with Crippen molar-refractivity contribution in [2.24, 2.45) is 0 Å². The standard InChI is InChI=1S/C7H6BrNO3/c1-3-5(8)2-4(7(11)12)6(10)9-3/h2H,1H3,(H,9,10)(H,11,12). The van der Waals surface area contributed by atoms with E-state index in [1.165, 1.54) is 6.07 Å². The van der Waals surface area contributed by atoms with Crippen molar-refractivity contribution in [3.05, 3.63) is 32.2 Å². The number of aromatic carboxylic acids is 1. The van der Waals surface area contributed by atoms with Crippen molar-refractivity contribution < 1.29 is 9.90 Å². The van der Waals surface area contributed by atoms with Gasteiger partial charge in [0.1, 0.15) is 5.56 Å². The van der Waals surface area contributed by atoms with Gasteiger partial charge in [0.2, 0.25) is 0 Å². The van der Waals surface area contributed by atoms with Crippen LogP contribution < -0.4 is 5.56 Å². The average molecular weight is 232 g/mol. The second-order valence-corrected chi connectivity index (χ2v) is 3.14. The molecule has 0 fully saturated rings. The molecule has 0 saturated carbocycles. The van der Waals surface area contributed by atoms with Crippen LogP contribution in [-0.2, 0) is 0 Å². The molecule has 0 aliphatic carbocycles. The largest absolute Gasteiger partial charge is 0.477 e. The Morgan fingerprint density at radius 1 is 1.67 bits per heavy atom. The summed E-state index contributed by atoms with van der Waals surface area (Å²) >= 11 is 3.12. The van der Waals surface area contributed by atoms with E-state index < -0.39 is 11.5 Å². The van der Waals surface area contributed by atoms with Gasteiger partial charge in [0.05, 0.1) is 0 Å². The summed E-state index contributed by atoms with van der Waals surface area (Å²) in [5, 5.41) is 8.54. The molecule has 0 atom stereocenters. The zero-order chi connectivity index (χ0) is 9.30. The van der Waals surface area contributed by atoms with E-state index in [2.05, 4.69) is 20.9 Å². The molecule has 1 aromatic rings. The monoisotopic (exact) mass is 231 g/mol. The van der Waals surface area contributed by atoms with Crippen LogP contribution in [-0.4, -0.2) is 16.1 Å². The van der Waals surface area contributed by atoms with Gasteiger partial charge in [0.25, 0.3) is 5.56 Å². The summed E-state index contributed by atoms with van der Waals surface area (Å²) in [5.74, 6) is -1.23. The molecule has 0 radical (unpaired) electrons. The normalized spacial score (nSPS) is 9.83. The Hall–Kier alpha value is -1.10. The lowest BCUT2D eigenvalue weighted by atomic mass is 10.2. The molecule has 0 aliphatic heterocycles. The molecule has 4 nitrogen and oxygen atoms in total. The molecule has 64 valence electrons. The minimum Gasteiger partial charge on any atom is -0.477 e. The number of hydrogen-bond acceptors (Lipinski definition) is 2. The summed E-state index contributed by atoms with van der Waals surface area (Å²) in [4.78, 5) is 23.8. The maximum absolute atomic E-state index is 11.0. The van der Waals surface area contributed by atoms with Crippen molar-refractivity contribution in [3.8, 4) is 0 Å². The smallest absolute Gasteiger partial charge is 0.341 e. The zero-order valence-corrected chi connectivity index (χ0v) is 7.81. The van der Waals surface area contributed by atoms with Crippen molar-refractivity contribution >= 4 is 21.9 Å². The van der Waals surface area contributed by atoms with Crippen LogP contribution in [0.4, 0.5) is 0 Å². The van der Waals surface area contributed by atoms with Crippen LogP contribution in [0.3, 0.4) is 0 Å². The Labute approximate surface area is 76.4 Å². The SMILES string of the molecule is Cc1[nH]c(=O)c(C(=O)O)cc1Br. The molecule has 2 N–H and O–H groups in total. The molecular weight excluding hydrogens is 226 g/mol. The van der Waals surface area contributed by atoms with Crippen LogP contribution in [0.2, 0.25) is 0 Å². The minimum atomic E-state index is -1.23. The van der Waals surface area contributed by atoms with Gasteiger partial charge in [-0.25, -0.2) is 4.79 Å². The molecule has 0 aromatic carbocycles. The van der Waals surface area contributed by atoms with Gasteiger partial charge in [0.15, 0.2) is 0 Å². The number of halogens is 1. The van der Waals surface area contributed by atoms with Gasteiger partial charge in [0, 0.05) is 10.2 Å². The van der Waals surface area contributed by atoms with E-state index in [-0.39, 0.29) is 5.56 Å². The Morgan fingerprint density at radius 2 is 2.25 bits per heavy atom. The van der Waals surface area contributed by atoms with Gasteiger partial charge < -0.3 is 10.1 Å². The number of rotatable bonds is 1. The fourth-order valence-corrected chi connectivity index (χ4v) is 1.08. The predicted octanol–water partition coefficient (Wildman–Crippen LogP) is 1.14. The molecule has 0 spiro atoms. The van der Waals surface area contributed by atoms with Gasteiger partial charge in [-0.3, -0.25) is 4.79 Å². The average Bonchev–Trinajstić information content (AvgIpc) is 1.96. The molecular formula is C7H6BrNO3. The topological polar surface area (TPSA) is 70.2 Å². The highest BCUT2D eigenvalue weighted by Crippen LogP contribution is 2.12. The molecule has 1 heterocycles. The van der Waals surface area contributed by atoms with E-state index in [4.69, 9.17) is 5.11 Å². The van der Waals surface area contributed by atoms with Gasteiger partial charge in [-0.05, 0) is 28.9 Å². The lowest BCUT2D eigenvalue weighted by Gasteiger charge is -1.98. The van der Waals surface area contributed by atoms with Gasteiger partial charge in [-0.15, -0.1) is 0 Å². The summed E-state index contributed by atoms with van der Waals surface area (Å²) in [7, 11) is 0. The number of carboxylic acid groups (broad SMARTS) is 1. The first-order valence-electron chi connectivity index (χ1n) is 3.15. The highest BCUT2D eigenvalue weighted by atomic mass is 79.9. The van der Waals surface area contributed by atoms with Crippen LogP contribution in [0.5, 0.6) is 0 Å². The second kappa shape index (κ2) is 3.10. The summed E-state index contributed by atoms with van der Waals surface area (Å²) in [6, 6.07) is 1.29. The third-order valence-corrected chi connectivity index (χ3v) is 2.23. The first kappa shape index (κ1) is 8.99. The fourth-order valence-electron chi connectivity index (χ4n) is 0.757. The number of carboxylic acids is 1. The number of aryl methyl sites for hydroxylation is 1. The van der Waals surface area contributed by atoms with Crippen molar-refractivity contribution in [2.45, 2.75) is 6.92 Å². The van der Waals surface area contributed by atoms with Crippen molar-refractivity contribution in [2.75, 3.05) is 0 Å². The Kier molecular flexibility index (Phi) is 2.32. The maximum Gasteiger partial charge on any atom is 0.341 e. The van der Waals surface area contributed by atoms with E-state index in [0.717, 1.165) is 0 Å². The summed E-state index contributed by atoms with van der Waals surface area (Å²) < 4.78 is 0.583. The Balaban J connectivity index is 3.43. The number of H-pyrrole nitrogens is 1. The van der Waals surface area contributed by atoms with Crippen LogP contribution in [0, 0.1) is 6.92 Å². The van der Waals surface area contributed by atoms with Crippen LogP contribution in [0.1, 0.15) is 16.1 Å². The van der Waals surface area contributed by atoms with Crippen molar-refractivity contribution in [1.29, 1.82) is 0 Å². The molecule has 0 bridgehead atoms. The van der Waals surface area contributed by atoms with Crippen molar-refractivity contribution in [1.82, 2.24) is 4.98 Å². The first-order chi connectivity index (χ1) is 5.52. The van der Waals surface area contributed by atoms with E-state index >= 15 is 0 Å². The van der Waals surface area contributed by atoms with E-state index in [1.54, 1.807) is 6.92 Å². The number of carbonyl (C=O) groups is 1. The summed E-state index contributed by atoms with van der Waals surface area (Å²) in [5.41, 5.74) is -0.222. The fraction of sp³-hybridized carbons (Fsp3) is 0.143. The van der Waals surface area contributed by atoms with E-state index in [9.17, 15) is 9.59 Å². The highest BCUT2D eigenvalue weighted by Gasteiger charge is 2.09. The van der Waals surface area contributed by atoms with Gasteiger partial charge >= 0.3 is 5.97 Å². The molecule has 0 amide bonds. The lowest BCUT2D eigenvalue weighted by molar-refractivity contribution is 0.0695. The molecule has 1 rings (SSSR count). The number of aromatic amines is 1. The van der Waals surface area contributed by atoms with Gasteiger partial charge in [-0.2, -0.15) is 0 Å². The quantitative estimate of drug-likeness (QED) is 0.762. The molecule has 1 aromatic heterocycles. The molecule has 0 saturated heterocycles. The maximum atomic E-state index is 11.0. The third kappa shape index (κ3) is 1.55. The van der Waals surface area contributed by atoms with Crippen LogP contribution in [0.15, 0.2) is 15.3 Å². The number of aromatic nitrogens is 1. The predicted molar refractivity (Wildman–Crippen MR) is 46.5 cm³/mol. The van der Waals surface area contributed by atoms with Crippen LogP contribution >= 0.6 is 15.9 Å². The Morgan fingerprint density at radius 3 is 2.75 bits per heavy atom. The molecule has 12 heavy (non-hydrogen) atoms. The zero-order valence-electron chi connectivity index (χ0n) is 6.22. The first-order valence-corrected chi connectivity index (χ1v) is 3.94. The molecule has 0 unspecified atom stereocenters. The van der Waals surface area contributed by atoms with Gasteiger partial charge in [-0.1, -0.05) is 0 Å². The van der Waals surface area contributed by atoms with Crippen LogP contribution in [0.25, 0.3) is 0 Å². The lowest BCUT2D eigenvalue weighted by Crippen LogP contribution is -2.18. The molecule has 5 heteroatoms. The van der Waals surface area contributed by atoms with Crippen molar-refractivity contribution in [3.63, 3.8) is 0 Å².